The number of fused-ring (bicyclic) bond motifs is 1. The zero-order chi connectivity index (χ0) is 11.5. The van der Waals surface area contributed by atoms with E-state index in [2.05, 4.69) is 11.1 Å². The molecule has 0 aliphatic heterocycles. The molecular weight excluding hydrogens is 224 g/mol. The Bertz CT molecular complexity index is 540. The number of nitriles is 1. The van der Waals surface area contributed by atoms with Crippen LogP contribution in [0.25, 0.3) is 10.2 Å². The Hall–Kier alpha value is -1.48. The fourth-order valence-electron chi connectivity index (χ4n) is 1.41. The molecule has 0 aliphatic carbocycles. The van der Waals surface area contributed by atoms with Crippen LogP contribution >= 0.6 is 11.3 Å². The fraction of sp³-hybridized carbons (Fsp3) is 0.273. The average molecular weight is 234 g/mol. The number of aromatic nitrogens is 1. The van der Waals surface area contributed by atoms with Crippen LogP contribution in [-0.2, 0) is 9.47 Å². The third-order valence-electron chi connectivity index (χ3n) is 2.16. The second kappa shape index (κ2) is 4.58. The van der Waals surface area contributed by atoms with Crippen molar-refractivity contribution in [3.63, 3.8) is 0 Å². The topological polar surface area (TPSA) is 55.1 Å². The highest BCUT2D eigenvalue weighted by Gasteiger charge is 2.14. The van der Waals surface area contributed by atoms with E-state index in [1.54, 1.807) is 20.3 Å². The van der Waals surface area contributed by atoms with Gasteiger partial charge in [-0.15, -0.1) is 11.3 Å². The van der Waals surface area contributed by atoms with Gasteiger partial charge in [0.1, 0.15) is 0 Å². The summed E-state index contributed by atoms with van der Waals surface area (Å²) in [6, 6.07) is 7.50. The molecule has 2 rings (SSSR count). The molecule has 2 aromatic rings. The lowest BCUT2D eigenvalue weighted by Crippen LogP contribution is -2.02. The van der Waals surface area contributed by atoms with Crippen LogP contribution < -0.4 is 0 Å². The lowest BCUT2D eigenvalue weighted by atomic mass is 10.2. The van der Waals surface area contributed by atoms with Gasteiger partial charge in [-0.25, -0.2) is 4.98 Å². The summed E-state index contributed by atoms with van der Waals surface area (Å²) in [4.78, 5) is 4.39. The summed E-state index contributed by atoms with van der Waals surface area (Å²) in [5, 5.41) is 9.55. The Morgan fingerprint density at radius 3 is 2.75 bits per heavy atom. The first-order valence-corrected chi connectivity index (χ1v) is 5.46. The first-order chi connectivity index (χ1) is 7.78. The SMILES string of the molecule is COC(OC)c1nc2ccc(C#N)cc2s1. The van der Waals surface area contributed by atoms with Gasteiger partial charge in [-0.3, -0.25) is 0 Å². The van der Waals surface area contributed by atoms with Gasteiger partial charge >= 0.3 is 0 Å². The molecule has 1 aromatic heterocycles. The van der Waals surface area contributed by atoms with Crippen LogP contribution in [0.5, 0.6) is 0 Å². The maximum absolute atomic E-state index is 8.79. The highest BCUT2D eigenvalue weighted by Crippen LogP contribution is 2.28. The van der Waals surface area contributed by atoms with Crippen molar-refractivity contribution in [2.45, 2.75) is 6.29 Å². The molecule has 0 spiro atoms. The second-order valence-corrected chi connectivity index (χ2v) is 4.21. The number of thiazole rings is 1. The van der Waals surface area contributed by atoms with Crippen LogP contribution in [0, 0.1) is 11.3 Å². The van der Waals surface area contributed by atoms with Gasteiger partial charge in [0.15, 0.2) is 5.01 Å². The van der Waals surface area contributed by atoms with Gasteiger partial charge in [-0.2, -0.15) is 5.26 Å². The summed E-state index contributed by atoms with van der Waals surface area (Å²) >= 11 is 1.47. The van der Waals surface area contributed by atoms with E-state index in [-0.39, 0.29) is 0 Å². The van der Waals surface area contributed by atoms with E-state index in [9.17, 15) is 0 Å². The Labute approximate surface area is 97.1 Å². The smallest absolute Gasteiger partial charge is 0.210 e. The molecular formula is C11H10N2O2S. The molecule has 0 amide bonds. The van der Waals surface area contributed by atoms with Crippen molar-refractivity contribution in [1.29, 1.82) is 5.26 Å². The van der Waals surface area contributed by atoms with Crippen molar-refractivity contribution in [2.75, 3.05) is 14.2 Å². The summed E-state index contributed by atoms with van der Waals surface area (Å²) in [6.45, 7) is 0. The van der Waals surface area contributed by atoms with Crippen LogP contribution in [0.2, 0.25) is 0 Å². The zero-order valence-corrected chi connectivity index (χ0v) is 9.75. The molecule has 0 unspecified atom stereocenters. The molecule has 1 aromatic carbocycles. The first-order valence-electron chi connectivity index (χ1n) is 4.64. The summed E-state index contributed by atoms with van der Waals surface area (Å²) < 4.78 is 11.2. The van der Waals surface area contributed by atoms with Crippen molar-refractivity contribution in [3.8, 4) is 6.07 Å². The highest BCUT2D eigenvalue weighted by molar-refractivity contribution is 7.18. The van der Waals surface area contributed by atoms with Gasteiger partial charge in [-0.05, 0) is 18.2 Å². The fourth-order valence-corrected chi connectivity index (χ4v) is 2.47. The number of nitrogens with zero attached hydrogens (tertiary/aromatic N) is 2. The maximum Gasteiger partial charge on any atom is 0.210 e. The van der Waals surface area contributed by atoms with Crippen LogP contribution in [0.1, 0.15) is 16.9 Å². The molecule has 0 fully saturated rings. The van der Waals surface area contributed by atoms with Gasteiger partial charge in [0.25, 0.3) is 0 Å². The number of benzene rings is 1. The van der Waals surface area contributed by atoms with E-state index in [4.69, 9.17) is 14.7 Å². The van der Waals surface area contributed by atoms with Crippen LogP contribution in [0.4, 0.5) is 0 Å². The molecule has 0 bridgehead atoms. The molecule has 0 aliphatic rings. The van der Waals surface area contributed by atoms with Crippen molar-refractivity contribution in [3.05, 3.63) is 28.8 Å². The number of ether oxygens (including phenoxy) is 2. The number of rotatable bonds is 3. The summed E-state index contributed by atoms with van der Waals surface area (Å²) in [6.07, 6.45) is -0.442. The monoisotopic (exact) mass is 234 g/mol. The van der Waals surface area contributed by atoms with Gasteiger partial charge in [-0.1, -0.05) is 0 Å². The van der Waals surface area contributed by atoms with E-state index in [0.29, 0.717) is 5.56 Å². The molecule has 1 heterocycles. The average Bonchev–Trinajstić information content (AvgIpc) is 2.72. The van der Waals surface area contributed by atoms with Crippen LogP contribution in [0.3, 0.4) is 0 Å². The Balaban J connectivity index is 2.48. The van der Waals surface area contributed by atoms with Crippen LogP contribution in [0.15, 0.2) is 18.2 Å². The molecule has 16 heavy (non-hydrogen) atoms. The Morgan fingerprint density at radius 2 is 2.12 bits per heavy atom. The lowest BCUT2D eigenvalue weighted by molar-refractivity contribution is -0.105. The molecule has 0 saturated carbocycles. The van der Waals surface area contributed by atoms with Crippen molar-refractivity contribution in [2.24, 2.45) is 0 Å². The van der Waals surface area contributed by atoms with E-state index >= 15 is 0 Å². The minimum atomic E-state index is -0.442. The lowest BCUT2D eigenvalue weighted by Gasteiger charge is -2.08. The highest BCUT2D eigenvalue weighted by atomic mass is 32.1. The minimum Gasteiger partial charge on any atom is -0.350 e. The van der Waals surface area contributed by atoms with E-state index < -0.39 is 6.29 Å². The van der Waals surface area contributed by atoms with E-state index in [1.165, 1.54) is 11.3 Å². The molecule has 0 N–H and O–H groups in total. The van der Waals surface area contributed by atoms with E-state index in [1.807, 2.05) is 12.1 Å². The summed E-state index contributed by atoms with van der Waals surface area (Å²) in [7, 11) is 3.14. The van der Waals surface area contributed by atoms with Crippen molar-refractivity contribution >= 4 is 21.6 Å². The first kappa shape index (κ1) is 11.0. The zero-order valence-electron chi connectivity index (χ0n) is 8.93. The van der Waals surface area contributed by atoms with Gasteiger partial charge < -0.3 is 9.47 Å². The van der Waals surface area contributed by atoms with Gasteiger partial charge in [0.05, 0.1) is 21.8 Å². The van der Waals surface area contributed by atoms with Crippen molar-refractivity contribution in [1.82, 2.24) is 4.98 Å². The van der Waals surface area contributed by atoms with Crippen molar-refractivity contribution < 1.29 is 9.47 Å². The normalized spacial score (nSPS) is 10.9. The van der Waals surface area contributed by atoms with Gasteiger partial charge in [0, 0.05) is 14.2 Å². The number of hydrogen-bond acceptors (Lipinski definition) is 5. The van der Waals surface area contributed by atoms with E-state index in [0.717, 1.165) is 15.2 Å². The molecule has 82 valence electrons. The third kappa shape index (κ3) is 1.91. The summed E-state index contributed by atoms with van der Waals surface area (Å²) in [5.74, 6) is 0. The maximum atomic E-state index is 8.79. The standard InChI is InChI=1S/C11H10N2O2S/c1-14-11(15-2)10-13-8-4-3-7(6-12)5-9(8)16-10/h3-5,11H,1-2H3. The predicted octanol–water partition coefficient (Wildman–Crippen LogP) is 2.46. The predicted molar refractivity (Wildman–Crippen MR) is 61.1 cm³/mol. The Kier molecular flexibility index (Phi) is 3.15. The molecule has 0 radical (unpaired) electrons. The molecule has 0 saturated heterocycles. The number of methoxy groups -OCH3 is 2. The third-order valence-corrected chi connectivity index (χ3v) is 3.20. The largest absolute Gasteiger partial charge is 0.350 e. The van der Waals surface area contributed by atoms with Gasteiger partial charge in [0.2, 0.25) is 6.29 Å². The number of hydrogen-bond donors (Lipinski definition) is 0. The quantitative estimate of drug-likeness (QED) is 0.765. The van der Waals surface area contributed by atoms with Crippen LogP contribution in [-0.4, -0.2) is 19.2 Å². The molecule has 5 heteroatoms. The Morgan fingerprint density at radius 1 is 1.38 bits per heavy atom. The summed E-state index contributed by atoms with van der Waals surface area (Å²) in [5.41, 5.74) is 1.49. The second-order valence-electron chi connectivity index (χ2n) is 3.15. The minimum absolute atomic E-state index is 0.442. The molecule has 0 atom stereocenters. The molecule has 4 nitrogen and oxygen atoms in total.